The first-order chi connectivity index (χ1) is 8.70. The number of hydrogen-bond donors (Lipinski definition) is 3. The van der Waals surface area contributed by atoms with Crippen molar-refractivity contribution in [1.29, 1.82) is 0 Å². The van der Waals surface area contributed by atoms with Crippen LogP contribution in [0.15, 0.2) is 42.5 Å². The normalized spacial score (nSPS) is 9.83. The molecule has 0 aliphatic heterocycles. The fourth-order valence-electron chi connectivity index (χ4n) is 1.42. The van der Waals surface area contributed by atoms with Crippen LogP contribution in [0.25, 0.3) is 0 Å². The van der Waals surface area contributed by atoms with Crippen LogP contribution in [0.5, 0.6) is 11.6 Å². The molecule has 0 saturated carbocycles. The van der Waals surface area contributed by atoms with Crippen molar-refractivity contribution in [2.24, 2.45) is 11.6 Å². The lowest BCUT2D eigenvalue weighted by molar-refractivity contribution is 0.0998. The van der Waals surface area contributed by atoms with Crippen LogP contribution in [0.1, 0.15) is 10.4 Å². The third kappa shape index (κ3) is 2.55. The van der Waals surface area contributed by atoms with Crippen LogP contribution in [-0.4, -0.2) is 10.9 Å². The summed E-state index contributed by atoms with van der Waals surface area (Å²) < 4.78 is 5.51. The summed E-state index contributed by atoms with van der Waals surface area (Å²) in [6, 6.07) is 11.7. The highest BCUT2D eigenvalue weighted by atomic mass is 16.5. The van der Waals surface area contributed by atoms with Gasteiger partial charge in [0, 0.05) is 6.07 Å². The van der Waals surface area contributed by atoms with Gasteiger partial charge in [0.05, 0.1) is 5.56 Å². The van der Waals surface area contributed by atoms with E-state index in [0.717, 1.165) is 0 Å². The number of primary amides is 1. The summed E-state index contributed by atoms with van der Waals surface area (Å²) >= 11 is 0. The van der Waals surface area contributed by atoms with E-state index in [9.17, 15) is 4.79 Å². The topological polar surface area (TPSA) is 103 Å². The lowest BCUT2D eigenvalue weighted by atomic mass is 10.2. The number of hydrogen-bond acceptors (Lipinski definition) is 5. The second-order valence-electron chi connectivity index (χ2n) is 3.47. The van der Waals surface area contributed by atoms with E-state index in [1.807, 2.05) is 0 Å². The SMILES string of the molecule is NNc1cccc(Oc2ccccc2C(N)=O)n1. The number of hydrazine groups is 1. The number of nitrogens with zero attached hydrogens (tertiary/aromatic N) is 1. The van der Waals surface area contributed by atoms with Crippen molar-refractivity contribution >= 4 is 11.7 Å². The molecule has 0 saturated heterocycles. The molecule has 1 heterocycles. The molecule has 0 bridgehead atoms. The molecule has 92 valence electrons. The molecule has 6 nitrogen and oxygen atoms in total. The minimum Gasteiger partial charge on any atom is -0.438 e. The second kappa shape index (κ2) is 5.15. The quantitative estimate of drug-likeness (QED) is 0.555. The summed E-state index contributed by atoms with van der Waals surface area (Å²) in [5.74, 6) is 5.83. The van der Waals surface area contributed by atoms with E-state index >= 15 is 0 Å². The largest absolute Gasteiger partial charge is 0.438 e. The Hall–Kier alpha value is -2.60. The minimum atomic E-state index is -0.557. The lowest BCUT2D eigenvalue weighted by Gasteiger charge is -2.08. The van der Waals surface area contributed by atoms with Crippen molar-refractivity contribution in [3.05, 3.63) is 48.0 Å². The molecule has 6 heteroatoms. The lowest BCUT2D eigenvalue weighted by Crippen LogP contribution is -2.12. The Balaban J connectivity index is 2.31. The summed E-state index contributed by atoms with van der Waals surface area (Å²) in [7, 11) is 0. The molecular weight excluding hydrogens is 232 g/mol. The number of para-hydroxylation sites is 1. The highest BCUT2D eigenvalue weighted by Gasteiger charge is 2.09. The van der Waals surface area contributed by atoms with Crippen LogP contribution in [-0.2, 0) is 0 Å². The molecule has 0 unspecified atom stereocenters. The molecule has 18 heavy (non-hydrogen) atoms. The van der Waals surface area contributed by atoms with Crippen molar-refractivity contribution in [1.82, 2.24) is 4.98 Å². The molecule has 0 spiro atoms. The highest BCUT2D eigenvalue weighted by molar-refractivity contribution is 5.95. The monoisotopic (exact) mass is 244 g/mol. The zero-order valence-electron chi connectivity index (χ0n) is 9.46. The summed E-state index contributed by atoms with van der Waals surface area (Å²) in [4.78, 5) is 15.3. The number of amides is 1. The van der Waals surface area contributed by atoms with Crippen molar-refractivity contribution < 1.29 is 9.53 Å². The van der Waals surface area contributed by atoms with Gasteiger partial charge in [0.1, 0.15) is 11.6 Å². The fourth-order valence-corrected chi connectivity index (χ4v) is 1.42. The van der Waals surface area contributed by atoms with Crippen molar-refractivity contribution in [2.75, 3.05) is 5.43 Å². The number of carbonyl (C=O) groups excluding carboxylic acids is 1. The molecule has 2 aromatic rings. The van der Waals surface area contributed by atoms with Crippen LogP contribution in [0.3, 0.4) is 0 Å². The molecule has 1 aromatic carbocycles. The maximum absolute atomic E-state index is 11.2. The van der Waals surface area contributed by atoms with Gasteiger partial charge in [-0.05, 0) is 18.2 Å². The van der Waals surface area contributed by atoms with Crippen LogP contribution >= 0.6 is 0 Å². The number of nitrogens with one attached hydrogen (secondary N) is 1. The Morgan fingerprint density at radius 1 is 1.17 bits per heavy atom. The van der Waals surface area contributed by atoms with Gasteiger partial charge in [0.2, 0.25) is 5.88 Å². The number of aromatic nitrogens is 1. The maximum atomic E-state index is 11.2. The molecule has 5 N–H and O–H groups in total. The van der Waals surface area contributed by atoms with Gasteiger partial charge < -0.3 is 15.9 Å². The van der Waals surface area contributed by atoms with Crippen molar-refractivity contribution in [3.63, 3.8) is 0 Å². The second-order valence-corrected chi connectivity index (χ2v) is 3.47. The number of pyridine rings is 1. The predicted molar refractivity (Wildman–Crippen MR) is 67.1 cm³/mol. The fraction of sp³-hybridized carbons (Fsp3) is 0. The Morgan fingerprint density at radius 3 is 2.67 bits per heavy atom. The smallest absolute Gasteiger partial charge is 0.252 e. The van der Waals surface area contributed by atoms with Gasteiger partial charge in [-0.1, -0.05) is 18.2 Å². The third-order valence-corrected chi connectivity index (χ3v) is 2.24. The van der Waals surface area contributed by atoms with Gasteiger partial charge >= 0.3 is 0 Å². The molecule has 0 fully saturated rings. The zero-order chi connectivity index (χ0) is 13.0. The number of benzene rings is 1. The van der Waals surface area contributed by atoms with Crippen LogP contribution in [0.2, 0.25) is 0 Å². The Morgan fingerprint density at radius 2 is 1.94 bits per heavy atom. The molecule has 0 aliphatic carbocycles. The van der Waals surface area contributed by atoms with E-state index in [0.29, 0.717) is 23.0 Å². The Kier molecular flexibility index (Phi) is 3.40. The number of ether oxygens (including phenoxy) is 1. The van der Waals surface area contributed by atoms with Crippen LogP contribution in [0, 0.1) is 0 Å². The average molecular weight is 244 g/mol. The molecule has 0 aliphatic rings. The van der Waals surface area contributed by atoms with E-state index < -0.39 is 5.91 Å². The highest BCUT2D eigenvalue weighted by Crippen LogP contribution is 2.24. The predicted octanol–water partition coefficient (Wildman–Crippen LogP) is 1.26. The standard InChI is InChI=1S/C12H12N4O2/c13-12(17)8-4-1-2-5-9(8)18-11-7-3-6-10(15-11)16-14/h1-7H,14H2,(H2,13,17)(H,15,16). The summed E-state index contributed by atoms with van der Waals surface area (Å²) in [5.41, 5.74) is 7.96. The first-order valence-corrected chi connectivity index (χ1v) is 5.21. The first kappa shape index (κ1) is 11.9. The zero-order valence-corrected chi connectivity index (χ0v) is 9.46. The number of nitrogens with two attached hydrogens (primary N) is 2. The molecule has 2 rings (SSSR count). The minimum absolute atomic E-state index is 0.297. The van der Waals surface area contributed by atoms with Gasteiger partial charge in [-0.2, -0.15) is 4.98 Å². The van der Waals surface area contributed by atoms with Gasteiger partial charge in [0.25, 0.3) is 5.91 Å². The number of carbonyl (C=O) groups is 1. The number of anilines is 1. The Labute approximate surface area is 104 Å². The first-order valence-electron chi connectivity index (χ1n) is 5.21. The molecular formula is C12H12N4O2. The third-order valence-electron chi connectivity index (χ3n) is 2.24. The molecule has 1 amide bonds. The summed E-state index contributed by atoms with van der Waals surface area (Å²) in [6.07, 6.45) is 0. The summed E-state index contributed by atoms with van der Waals surface area (Å²) in [5, 5.41) is 0. The summed E-state index contributed by atoms with van der Waals surface area (Å²) in [6.45, 7) is 0. The molecule has 0 atom stereocenters. The van der Waals surface area contributed by atoms with Gasteiger partial charge in [-0.3, -0.25) is 4.79 Å². The van der Waals surface area contributed by atoms with Gasteiger partial charge in [-0.25, -0.2) is 5.84 Å². The number of nitrogen functional groups attached to an aromatic ring is 1. The van der Waals surface area contributed by atoms with E-state index in [-0.39, 0.29) is 0 Å². The van der Waals surface area contributed by atoms with E-state index in [2.05, 4.69) is 10.4 Å². The van der Waals surface area contributed by atoms with Crippen LogP contribution < -0.4 is 21.7 Å². The van der Waals surface area contributed by atoms with E-state index in [4.69, 9.17) is 16.3 Å². The molecule has 0 radical (unpaired) electrons. The van der Waals surface area contributed by atoms with Gasteiger partial charge in [0.15, 0.2) is 0 Å². The molecule has 1 aromatic heterocycles. The average Bonchev–Trinajstić information content (AvgIpc) is 2.39. The van der Waals surface area contributed by atoms with Crippen molar-refractivity contribution in [3.8, 4) is 11.6 Å². The van der Waals surface area contributed by atoms with E-state index in [1.165, 1.54) is 0 Å². The van der Waals surface area contributed by atoms with E-state index in [1.54, 1.807) is 42.5 Å². The van der Waals surface area contributed by atoms with Crippen molar-refractivity contribution in [2.45, 2.75) is 0 Å². The number of rotatable bonds is 4. The maximum Gasteiger partial charge on any atom is 0.252 e. The Bertz CT molecular complexity index is 572. The van der Waals surface area contributed by atoms with Crippen LogP contribution in [0.4, 0.5) is 5.82 Å². The van der Waals surface area contributed by atoms with Gasteiger partial charge in [-0.15, -0.1) is 0 Å².